The Balaban J connectivity index is 0.000000461. The molecule has 138 valence electrons. The molecule has 0 aromatic heterocycles. The maximum Gasteiger partial charge on any atom is 0.255 e. The Hall–Kier alpha value is -2.17. The summed E-state index contributed by atoms with van der Waals surface area (Å²) in [5.74, 6) is -0.750. The minimum atomic E-state index is -0.530. The number of hydrogen-bond acceptors (Lipinski definition) is 3. The predicted molar refractivity (Wildman–Crippen MR) is 99.2 cm³/mol. The summed E-state index contributed by atoms with van der Waals surface area (Å²) in [7, 11) is 0. The maximum absolute atomic E-state index is 12.3. The van der Waals surface area contributed by atoms with E-state index >= 15 is 0 Å². The molecule has 0 spiro atoms. The number of benzene rings is 1. The lowest BCUT2D eigenvalue weighted by Crippen LogP contribution is -2.52. The van der Waals surface area contributed by atoms with Crippen LogP contribution in [0.4, 0.5) is 0 Å². The highest BCUT2D eigenvalue weighted by molar-refractivity contribution is 6.05. The van der Waals surface area contributed by atoms with Gasteiger partial charge in [0.05, 0.1) is 0 Å². The number of carbonyl (C=O) groups is 3. The number of nitrogens with zero attached hydrogens (tertiary/aromatic N) is 1. The predicted octanol–water partition coefficient (Wildman–Crippen LogP) is 3.59. The van der Waals surface area contributed by atoms with Gasteiger partial charge in [-0.1, -0.05) is 58.2 Å². The largest absolute Gasteiger partial charge is 0.322 e. The molecule has 1 aromatic rings. The number of fused-ring (bicyclic) bond motifs is 1. The molecule has 0 bridgehead atoms. The van der Waals surface area contributed by atoms with Gasteiger partial charge >= 0.3 is 0 Å². The highest BCUT2D eigenvalue weighted by Gasteiger charge is 2.38. The minimum Gasteiger partial charge on any atom is -0.322 e. The van der Waals surface area contributed by atoms with E-state index in [0.717, 1.165) is 11.1 Å². The first kappa shape index (κ1) is 20.9. The van der Waals surface area contributed by atoms with Crippen LogP contribution in [-0.4, -0.2) is 28.7 Å². The summed E-state index contributed by atoms with van der Waals surface area (Å²) in [4.78, 5) is 36.8. The molecule has 0 aliphatic carbocycles. The van der Waals surface area contributed by atoms with Crippen molar-refractivity contribution >= 4 is 17.7 Å². The lowest BCUT2D eigenvalue weighted by atomic mass is 10.0. The number of hydrogen-bond donors (Lipinski definition) is 1. The first-order valence-corrected chi connectivity index (χ1v) is 9.22. The van der Waals surface area contributed by atoms with Crippen molar-refractivity contribution in [3.05, 3.63) is 34.9 Å². The molecule has 3 amide bonds. The summed E-state index contributed by atoms with van der Waals surface area (Å²) in [5, 5.41) is 2.29. The van der Waals surface area contributed by atoms with Crippen LogP contribution in [0.1, 0.15) is 74.9 Å². The molecule has 5 heteroatoms. The van der Waals surface area contributed by atoms with Crippen LogP contribution in [0.3, 0.4) is 0 Å². The zero-order valence-electron chi connectivity index (χ0n) is 16.0. The van der Waals surface area contributed by atoms with Crippen LogP contribution in [0, 0.1) is 6.92 Å². The zero-order valence-corrected chi connectivity index (χ0v) is 16.0. The number of nitrogens with one attached hydrogen (secondary N) is 1. The molecule has 1 saturated heterocycles. The molecule has 0 radical (unpaired) electrons. The van der Waals surface area contributed by atoms with Crippen molar-refractivity contribution in [3.8, 4) is 0 Å². The molecular weight excluding hydrogens is 316 g/mol. The number of rotatable bonds is 2. The summed E-state index contributed by atoms with van der Waals surface area (Å²) >= 11 is 0. The Labute approximate surface area is 150 Å². The maximum atomic E-state index is 12.3. The topological polar surface area (TPSA) is 66.5 Å². The second kappa shape index (κ2) is 9.97. The Morgan fingerprint density at radius 3 is 2.32 bits per heavy atom. The van der Waals surface area contributed by atoms with Gasteiger partial charge in [-0.2, -0.15) is 0 Å². The van der Waals surface area contributed by atoms with Gasteiger partial charge in [-0.25, -0.2) is 0 Å². The van der Waals surface area contributed by atoms with Crippen molar-refractivity contribution in [2.75, 3.05) is 0 Å². The zero-order chi connectivity index (χ0) is 19.0. The van der Waals surface area contributed by atoms with Crippen LogP contribution in [0.25, 0.3) is 0 Å². The van der Waals surface area contributed by atoms with E-state index in [2.05, 4.69) is 19.2 Å². The number of amides is 3. The quantitative estimate of drug-likeness (QED) is 0.832. The van der Waals surface area contributed by atoms with E-state index in [4.69, 9.17) is 0 Å². The fraction of sp³-hybridized carbons (Fsp3) is 0.550. The van der Waals surface area contributed by atoms with E-state index in [1.807, 2.05) is 32.9 Å². The number of aryl methyl sites for hydroxylation is 1. The van der Waals surface area contributed by atoms with Gasteiger partial charge in [0, 0.05) is 18.5 Å². The van der Waals surface area contributed by atoms with E-state index in [0.29, 0.717) is 18.5 Å². The van der Waals surface area contributed by atoms with Crippen molar-refractivity contribution in [1.29, 1.82) is 0 Å². The van der Waals surface area contributed by atoms with Gasteiger partial charge in [0.25, 0.3) is 5.91 Å². The summed E-state index contributed by atoms with van der Waals surface area (Å²) < 4.78 is 0. The van der Waals surface area contributed by atoms with Crippen LogP contribution in [0.5, 0.6) is 0 Å². The van der Waals surface area contributed by atoms with E-state index in [9.17, 15) is 14.4 Å². The van der Waals surface area contributed by atoms with E-state index in [1.54, 1.807) is 11.0 Å². The number of imide groups is 1. The standard InChI is InChI=1S/C14H14N2O3.C4H10.C2H6/c1-8-2-3-10-9(6-8)7-16(14(10)19)11-4-5-12(17)15-13(11)18;1-3-4-2;1-2/h2-3,6,11H,4-5,7H2,1H3,(H,15,17,18);3-4H2,1-2H3;1-2H3. The Morgan fingerprint density at radius 1 is 1.12 bits per heavy atom. The van der Waals surface area contributed by atoms with Crippen molar-refractivity contribution in [2.45, 2.75) is 72.9 Å². The Kier molecular flexibility index (Phi) is 8.32. The Morgan fingerprint density at radius 2 is 1.76 bits per heavy atom. The van der Waals surface area contributed by atoms with Gasteiger partial charge in [-0.3, -0.25) is 19.7 Å². The van der Waals surface area contributed by atoms with Crippen molar-refractivity contribution in [3.63, 3.8) is 0 Å². The summed E-state index contributed by atoms with van der Waals surface area (Å²) in [6.45, 7) is 10.8. The van der Waals surface area contributed by atoms with Gasteiger partial charge < -0.3 is 4.90 Å². The third-order valence-corrected chi connectivity index (χ3v) is 4.18. The molecule has 0 saturated carbocycles. The smallest absolute Gasteiger partial charge is 0.255 e. The molecule has 1 atom stereocenters. The average molecular weight is 346 g/mol. The number of piperidine rings is 1. The minimum absolute atomic E-state index is 0.121. The SMILES string of the molecule is CC.CCCC.Cc1ccc2c(c1)CN(C1CCC(=O)NC1=O)C2=O. The number of unbranched alkanes of at least 4 members (excludes halogenated alkanes) is 1. The Bertz CT molecular complexity index is 623. The molecule has 25 heavy (non-hydrogen) atoms. The fourth-order valence-corrected chi connectivity index (χ4v) is 2.70. The molecular formula is C20H30N2O3. The molecule has 2 aliphatic heterocycles. The van der Waals surface area contributed by atoms with Gasteiger partial charge in [-0.15, -0.1) is 0 Å². The first-order chi connectivity index (χ1) is 12.0. The van der Waals surface area contributed by atoms with E-state index < -0.39 is 6.04 Å². The lowest BCUT2D eigenvalue weighted by molar-refractivity contribution is -0.136. The van der Waals surface area contributed by atoms with Crippen molar-refractivity contribution in [2.24, 2.45) is 0 Å². The lowest BCUT2D eigenvalue weighted by Gasteiger charge is -2.29. The van der Waals surface area contributed by atoms with Crippen molar-refractivity contribution < 1.29 is 14.4 Å². The molecule has 5 nitrogen and oxygen atoms in total. The van der Waals surface area contributed by atoms with E-state index in [1.165, 1.54) is 12.8 Å². The molecule has 3 rings (SSSR count). The van der Waals surface area contributed by atoms with Crippen LogP contribution < -0.4 is 5.32 Å². The highest BCUT2D eigenvalue weighted by Crippen LogP contribution is 2.27. The second-order valence-corrected chi connectivity index (χ2v) is 6.06. The summed E-state index contributed by atoms with van der Waals surface area (Å²) in [6, 6.07) is 5.14. The summed E-state index contributed by atoms with van der Waals surface area (Å²) in [6.07, 6.45) is 3.33. The molecule has 2 heterocycles. The monoisotopic (exact) mass is 346 g/mol. The van der Waals surface area contributed by atoms with Gasteiger partial charge in [-0.05, 0) is 25.0 Å². The first-order valence-electron chi connectivity index (χ1n) is 9.22. The van der Waals surface area contributed by atoms with Gasteiger partial charge in [0.2, 0.25) is 11.8 Å². The number of carbonyl (C=O) groups excluding carboxylic acids is 3. The van der Waals surface area contributed by atoms with Crippen molar-refractivity contribution in [1.82, 2.24) is 10.2 Å². The van der Waals surface area contributed by atoms with Crippen LogP contribution in [-0.2, 0) is 16.1 Å². The molecule has 1 N–H and O–H groups in total. The van der Waals surface area contributed by atoms with Crippen LogP contribution >= 0.6 is 0 Å². The van der Waals surface area contributed by atoms with E-state index in [-0.39, 0.29) is 24.1 Å². The third-order valence-electron chi connectivity index (χ3n) is 4.18. The normalized spacial score (nSPS) is 18.5. The highest BCUT2D eigenvalue weighted by atomic mass is 16.2. The molecule has 1 fully saturated rings. The fourth-order valence-electron chi connectivity index (χ4n) is 2.70. The van der Waals surface area contributed by atoms with Gasteiger partial charge in [0.15, 0.2) is 0 Å². The molecule has 2 aliphatic rings. The summed E-state index contributed by atoms with van der Waals surface area (Å²) in [5.41, 5.74) is 2.71. The molecule has 1 unspecified atom stereocenters. The van der Waals surface area contributed by atoms with Gasteiger partial charge in [0.1, 0.15) is 6.04 Å². The average Bonchev–Trinajstić information content (AvgIpc) is 2.93. The van der Waals surface area contributed by atoms with Crippen LogP contribution in [0.2, 0.25) is 0 Å². The van der Waals surface area contributed by atoms with Crippen LogP contribution in [0.15, 0.2) is 18.2 Å². The second-order valence-electron chi connectivity index (χ2n) is 6.06. The molecule has 1 aromatic carbocycles. The third kappa shape index (κ3) is 5.15.